The predicted molar refractivity (Wildman–Crippen MR) is 271 cm³/mol. The highest BCUT2D eigenvalue weighted by molar-refractivity contribution is 7.54. The number of anilines is 1. The Bertz CT molecular complexity index is 2310. The molecule has 12 nitrogen and oxygen atoms in total. The van der Waals surface area contributed by atoms with Crippen LogP contribution in [0.25, 0.3) is 0 Å². The van der Waals surface area contributed by atoms with Crippen molar-refractivity contribution in [2.45, 2.75) is 158 Å². The molecule has 0 spiro atoms. The number of rotatable bonds is 18. The average molecular weight is 972 g/mol. The highest BCUT2D eigenvalue weighted by Crippen LogP contribution is 2.75. The van der Waals surface area contributed by atoms with Gasteiger partial charge in [0.25, 0.3) is 0 Å². The number of amides is 2. The summed E-state index contributed by atoms with van der Waals surface area (Å²) >= 11 is 0. The molecule has 5 aliphatic rings. The van der Waals surface area contributed by atoms with Crippen molar-refractivity contribution < 1.29 is 42.3 Å². The molecule has 69 heavy (non-hydrogen) atoms. The van der Waals surface area contributed by atoms with Crippen molar-refractivity contribution >= 4 is 36.9 Å². The first-order valence-electron chi connectivity index (χ1n) is 25.9. The largest absolute Gasteiger partial charge is 0.497 e. The van der Waals surface area contributed by atoms with Crippen LogP contribution in [0.5, 0.6) is 5.75 Å². The van der Waals surface area contributed by atoms with Gasteiger partial charge in [-0.25, -0.2) is 0 Å². The number of nitrogens with one attached hydrogen (secondary N) is 3. The third kappa shape index (κ3) is 9.98. The molecule has 1 unspecified atom stereocenters. The molecule has 13 heteroatoms. The molecule has 5 aliphatic carbocycles. The van der Waals surface area contributed by atoms with E-state index in [0.29, 0.717) is 30.1 Å². The number of carbonyl (C=O) groups is 4. The van der Waals surface area contributed by atoms with E-state index in [1.807, 2.05) is 48.5 Å². The lowest BCUT2D eigenvalue weighted by Crippen LogP contribution is -2.66. The molecule has 2 aromatic rings. The number of methoxy groups -OCH3 is 1. The van der Waals surface area contributed by atoms with Crippen molar-refractivity contribution in [1.82, 2.24) is 10.6 Å². The van der Waals surface area contributed by atoms with Gasteiger partial charge in [-0.15, -0.1) is 0 Å². The van der Waals surface area contributed by atoms with Crippen LogP contribution < -0.4 is 20.7 Å². The van der Waals surface area contributed by atoms with E-state index in [1.165, 1.54) is 12.5 Å². The maximum Gasteiger partial charge on any atom is 0.357 e. The highest BCUT2D eigenvalue weighted by Gasteiger charge is 2.70. The van der Waals surface area contributed by atoms with Crippen LogP contribution in [0.3, 0.4) is 0 Å². The Hall–Kier alpha value is -3.99. The zero-order valence-corrected chi connectivity index (χ0v) is 44.4. The molecule has 4 fully saturated rings. The Labute approximate surface area is 412 Å². The fourth-order valence-electron chi connectivity index (χ4n) is 14.5. The highest BCUT2D eigenvalue weighted by atomic mass is 31.2. The maximum atomic E-state index is 14.9. The molecular weight excluding hydrogens is 890 g/mol. The number of benzene rings is 2. The predicted octanol–water partition coefficient (Wildman–Crippen LogP) is 11.5. The normalized spacial score (nSPS) is 33.0. The lowest BCUT2D eigenvalue weighted by molar-refractivity contribution is -0.210. The second kappa shape index (κ2) is 20.3. The minimum Gasteiger partial charge on any atom is -0.497 e. The molecule has 7 rings (SSSR count). The molecule has 0 heterocycles. The summed E-state index contributed by atoms with van der Waals surface area (Å²) in [7, 11) is -2.05. The summed E-state index contributed by atoms with van der Waals surface area (Å²) in [6, 6.07) is 14.8. The molecule has 3 N–H and O–H groups in total. The summed E-state index contributed by atoms with van der Waals surface area (Å²) < 4.78 is 36.8. The fraction of sp³-hybridized carbons (Fsp3) is 0.679. The molecule has 2 aromatic carbocycles. The van der Waals surface area contributed by atoms with Gasteiger partial charge in [0.05, 0.1) is 26.7 Å². The molecule has 0 bridgehead atoms. The van der Waals surface area contributed by atoms with Crippen LogP contribution in [0.15, 0.2) is 60.2 Å². The van der Waals surface area contributed by atoms with Gasteiger partial charge in [-0.3, -0.25) is 23.7 Å². The Morgan fingerprint density at radius 2 is 1.49 bits per heavy atom. The average Bonchev–Trinajstić information content (AvgIpc) is 3.29. The Morgan fingerprint density at radius 3 is 2.14 bits per heavy atom. The molecule has 380 valence electrons. The zero-order chi connectivity index (χ0) is 50.2. The quantitative estimate of drug-likeness (QED) is 0.0746. The van der Waals surface area contributed by atoms with Gasteiger partial charge in [0.15, 0.2) is 11.6 Å². The van der Waals surface area contributed by atoms with Crippen LogP contribution in [0.4, 0.5) is 5.69 Å². The van der Waals surface area contributed by atoms with Crippen molar-refractivity contribution in [3.8, 4) is 5.75 Å². The number of fused-ring (bicyclic) bond motifs is 7. The Morgan fingerprint density at radius 1 is 0.826 bits per heavy atom. The van der Waals surface area contributed by atoms with Gasteiger partial charge >= 0.3 is 13.6 Å². The maximum absolute atomic E-state index is 14.9. The third-order valence-corrected chi connectivity index (χ3v) is 20.8. The number of allylic oxidation sites excluding steroid dienone is 2. The van der Waals surface area contributed by atoms with E-state index in [9.17, 15) is 23.7 Å². The van der Waals surface area contributed by atoms with E-state index in [4.69, 9.17) is 18.5 Å². The summed E-state index contributed by atoms with van der Waals surface area (Å²) in [5, 5.41) is 9.66. The van der Waals surface area contributed by atoms with Gasteiger partial charge in [0.1, 0.15) is 11.9 Å². The van der Waals surface area contributed by atoms with Crippen LogP contribution in [0.1, 0.15) is 157 Å². The van der Waals surface area contributed by atoms with E-state index in [2.05, 4.69) is 70.5 Å². The lowest BCUT2D eigenvalue weighted by atomic mass is 9.33. The Balaban J connectivity index is 0.917. The van der Waals surface area contributed by atoms with E-state index in [0.717, 1.165) is 76.2 Å². The molecule has 0 saturated heterocycles. The summed E-state index contributed by atoms with van der Waals surface area (Å²) in [5.74, 6) is 0.195. The first kappa shape index (κ1) is 52.8. The fourth-order valence-corrected chi connectivity index (χ4v) is 16.4. The molecule has 2 amide bonds. The second-order valence-corrected chi connectivity index (χ2v) is 25.2. The topological polar surface area (TPSA) is 158 Å². The molecule has 4 saturated carbocycles. The molecule has 0 radical (unpaired) electrons. The summed E-state index contributed by atoms with van der Waals surface area (Å²) in [6.45, 7) is 22.8. The number of esters is 1. The van der Waals surface area contributed by atoms with Crippen LogP contribution in [0.2, 0.25) is 0 Å². The van der Waals surface area contributed by atoms with Crippen LogP contribution in [0, 0.1) is 50.2 Å². The first-order valence-corrected chi connectivity index (χ1v) is 27.5. The van der Waals surface area contributed by atoms with Gasteiger partial charge in [0.2, 0.25) is 11.8 Å². The lowest BCUT2D eigenvalue weighted by Gasteiger charge is -2.70. The number of hydrogen-bond acceptors (Lipinski definition) is 10. The summed E-state index contributed by atoms with van der Waals surface area (Å²) in [6.07, 6.45) is 11.9. The molecule has 0 aromatic heterocycles. The second-order valence-electron chi connectivity index (χ2n) is 23.1. The van der Waals surface area contributed by atoms with Gasteiger partial charge in [-0.2, -0.15) is 0 Å². The monoisotopic (exact) mass is 972 g/mol. The van der Waals surface area contributed by atoms with Crippen molar-refractivity contribution in [2.24, 2.45) is 50.2 Å². The van der Waals surface area contributed by atoms with E-state index in [-0.39, 0.29) is 94.1 Å². The number of unbranched alkanes of at least 4 members (excludes halogenated alkanes) is 1. The van der Waals surface area contributed by atoms with Gasteiger partial charge in [-0.1, -0.05) is 78.3 Å². The van der Waals surface area contributed by atoms with E-state index < -0.39 is 18.8 Å². The SMILES string of the molecule is CCOP(=O)(OCC)C(Nc1ccc(CC(=O)NCCCCNC(=O)[C@@]2(C)CC[C@]3(C)CC[C@]4(C)C(=CC(=O)[C@@H]5[C@@]6(C)CC[C@H](OC(C)=O)C(C)(C)[C@@H]6CC[C@]54C)[C@@H]3C2)cc1)c1cccc(OC)c1. The molecular formula is C56H82N3O9P. The number of ketones is 1. The minimum atomic E-state index is -3.63. The van der Waals surface area contributed by atoms with Crippen molar-refractivity contribution in [3.05, 3.63) is 71.3 Å². The van der Waals surface area contributed by atoms with Gasteiger partial charge < -0.3 is 34.5 Å². The van der Waals surface area contributed by atoms with Crippen LogP contribution in [-0.4, -0.2) is 63.1 Å². The minimum absolute atomic E-state index is 0.0383. The number of ether oxygens (including phenoxy) is 2. The van der Waals surface area contributed by atoms with Gasteiger partial charge in [0, 0.05) is 42.4 Å². The zero-order valence-electron chi connectivity index (χ0n) is 43.5. The summed E-state index contributed by atoms with van der Waals surface area (Å²) in [4.78, 5) is 54.1. The smallest absolute Gasteiger partial charge is 0.357 e. The molecule has 10 atom stereocenters. The van der Waals surface area contributed by atoms with Crippen molar-refractivity contribution in [1.29, 1.82) is 0 Å². The third-order valence-electron chi connectivity index (χ3n) is 18.5. The number of hydrogen-bond donors (Lipinski definition) is 3. The van der Waals surface area contributed by atoms with E-state index in [1.54, 1.807) is 21.0 Å². The van der Waals surface area contributed by atoms with Crippen molar-refractivity contribution in [2.75, 3.05) is 38.7 Å². The first-order chi connectivity index (χ1) is 32.5. The van der Waals surface area contributed by atoms with Crippen LogP contribution >= 0.6 is 7.60 Å². The summed E-state index contributed by atoms with van der Waals surface area (Å²) in [5.41, 5.74) is 2.24. The Kier molecular flexibility index (Phi) is 15.5. The van der Waals surface area contributed by atoms with Gasteiger partial charge in [-0.05, 0) is 159 Å². The molecule has 0 aliphatic heterocycles. The van der Waals surface area contributed by atoms with Crippen LogP contribution in [-0.2, 0) is 43.9 Å². The standard InChI is InChI=1S/C56H82N3O9P/c1-12-66-69(64,67-13-2)49(39-17-16-18-41(34-39)65-11)59-40-21-19-38(20-22-40)33-47(62)57-31-14-15-32-58-50(63)53(7)28-27-52(6)29-30-55(9)42(43(52)36-53)35-44(61)48-54(8)25-24-46(68-37(3)60)51(4,5)45(54)23-26-56(48,55)10/h16-22,34-35,43,45-46,48-49,59H,12-15,23-33,36H2,1-11H3,(H,57,62)(H,58,63)/t43-,45-,46-,48+,49?,52+,53-,54-,55+,56+/m0/s1. The number of carbonyl (C=O) groups excluding carboxylic acids is 4. The van der Waals surface area contributed by atoms with Crippen molar-refractivity contribution in [3.63, 3.8) is 0 Å². The van der Waals surface area contributed by atoms with E-state index >= 15 is 0 Å².